The molecule has 0 aliphatic heterocycles. The van der Waals surface area contributed by atoms with E-state index >= 15 is 0 Å². The van der Waals surface area contributed by atoms with Crippen LogP contribution in [0, 0.1) is 10.1 Å². The van der Waals surface area contributed by atoms with Crippen LogP contribution in [0.1, 0.15) is 25.0 Å². The van der Waals surface area contributed by atoms with Crippen molar-refractivity contribution in [2.24, 2.45) is 12.8 Å². The van der Waals surface area contributed by atoms with Crippen LogP contribution < -0.4 is 5.73 Å². The number of nitrogens with two attached hydrogens (primary N) is 1. The number of rotatable bonds is 2. The average molecular weight is 196 g/mol. The molecule has 6 nitrogen and oxygen atoms in total. The first-order valence-electron chi connectivity index (χ1n) is 4.50. The minimum absolute atomic E-state index is 0.0368. The van der Waals surface area contributed by atoms with Crippen LogP contribution in [-0.4, -0.2) is 14.7 Å². The second kappa shape index (κ2) is 2.78. The van der Waals surface area contributed by atoms with E-state index in [0.717, 1.165) is 19.3 Å². The second-order valence-electron chi connectivity index (χ2n) is 3.80. The van der Waals surface area contributed by atoms with Gasteiger partial charge in [0.2, 0.25) is 0 Å². The molecule has 1 aliphatic rings. The number of nitro groups is 1. The summed E-state index contributed by atoms with van der Waals surface area (Å²) in [5, 5.41) is 14.8. The van der Waals surface area contributed by atoms with Crippen LogP contribution in [0.4, 0.5) is 5.69 Å². The lowest BCUT2D eigenvalue weighted by molar-refractivity contribution is -0.386. The van der Waals surface area contributed by atoms with Gasteiger partial charge in [0.15, 0.2) is 5.69 Å². The minimum Gasteiger partial charge on any atom is -0.320 e. The fourth-order valence-electron chi connectivity index (χ4n) is 1.76. The molecule has 0 spiro atoms. The van der Waals surface area contributed by atoms with Gasteiger partial charge in [-0.05, 0) is 19.3 Å². The summed E-state index contributed by atoms with van der Waals surface area (Å²) in [4.78, 5) is 10.3. The van der Waals surface area contributed by atoms with Crippen molar-refractivity contribution in [2.45, 2.75) is 24.8 Å². The maximum Gasteiger partial charge on any atom is 0.312 e. The third-order valence-corrected chi connectivity index (χ3v) is 2.72. The Balaban J connectivity index is 2.46. The molecule has 2 rings (SSSR count). The van der Waals surface area contributed by atoms with Crippen LogP contribution in [0.2, 0.25) is 0 Å². The Morgan fingerprint density at radius 3 is 2.79 bits per heavy atom. The number of aryl methyl sites for hydroxylation is 1. The monoisotopic (exact) mass is 196 g/mol. The van der Waals surface area contributed by atoms with E-state index in [2.05, 4.69) is 5.10 Å². The molecule has 6 heteroatoms. The highest BCUT2D eigenvalue weighted by molar-refractivity contribution is 5.39. The van der Waals surface area contributed by atoms with Gasteiger partial charge in [-0.15, -0.1) is 0 Å². The summed E-state index contributed by atoms with van der Waals surface area (Å²) in [5.74, 6) is 0. The molecule has 0 radical (unpaired) electrons. The molecule has 14 heavy (non-hydrogen) atoms. The second-order valence-corrected chi connectivity index (χ2v) is 3.80. The van der Waals surface area contributed by atoms with Crippen LogP contribution >= 0.6 is 0 Å². The average Bonchev–Trinajstić information content (AvgIpc) is 2.43. The number of nitrogens with zero attached hydrogens (tertiary/aromatic N) is 3. The molecule has 0 atom stereocenters. The van der Waals surface area contributed by atoms with E-state index in [9.17, 15) is 10.1 Å². The Bertz CT molecular complexity index is 381. The van der Waals surface area contributed by atoms with Crippen molar-refractivity contribution < 1.29 is 4.92 Å². The Labute approximate surface area is 80.9 Å². The van der Waals surface area contributed by atoms with Crippen molar-refractivity contribution >= 4 is 5.69 Å². The summed E-state index contributed by atoms with van der Waals surface area (Å²) in [6.07, 6.45) is 3.99. The Morgan fingerprint density at radius 2 is 2.36 bits per heavy atom. The number of hydrogen-bond donors (Lipinski definition) is 1. The maximum absolute atomic E-state index is 10.7. The van der Waals surface area contributed by atoms with E-state index < -0.39 is 10.5 Å². The molecule has 2 N–H and O–H groups in total. The highest BCUT2D eigenvalue weighted by Crippen LogP contribution is 2.41. The van der Waals surface area contributed by atoms with Crippen LogP contribution in [-0.2, 0) is 12.6 Å². The van der Waals surface area contributed by atoms with Gasteiger partial charge in [0.1, 0.15) is 6.20 Å². The first-order chi connectivity index (χ1) is 6.53. The summed E-state index contributed by atoms with van der Waals surface area (Å²) in [5.41, 5.74) is 5.89. The van der Waals surface area contributed by atoms with Crippen molar-refractivity contribution in [2.75, 3.05) is 0 Å². The molecular weight excluding hydrogens is 184 g/mol. The van der Waals surface area contributed by atoms with Crippen molar-refractivity contribution in [1.82, 2.24) is 9.78 Å². The zero-order chi connectivity index (χ0) is 10.3. The van der Waals surface area contributed by atoms with Gasteiger partial charge in [-0.25, -0.2) is 0 Å². The quantitative estimate of drug-likeness (QED) is 0.556. The van der Waals surface area contributed by atoms with Gasteiger partial charge in [0.25, 0.3) is 0 Å². The highest BCUT2D eigenvalue weighted by Gasteiger charge is 2.42. The van der Waals surface area contributed by atoms with Gasteiger partial charge in [-0.2, -0.15) is 5.10 Å². The molecule has 0 bridgehead atoms. The van der Waals surface area contributed by atoms with Crippen molar-refractivity contribution in [1.29, 1.82) is 0 Å². The molecule has 76 valence electrons. The van der Waals surface area contributed by atoms with Crippen molar-refractivity contribution in [3.8, 4) is 0 Å². The van der Waals surface area contributed by atoms with Crippen molar-refractivity contribution in [3.05, 3.63) is 22.0 Å². The molecule has 0 unspecified atom stereocenters. The Kier molecular flexibility index (Phi) is 1.81. The van der Waals surface area contributed by atoms with Gasteiger partial charge in [-0.3, -0.25) is 14.8 Å². The highest BCUT2D eigenvalue weighted by atomic mass is 16.6. The largest absolute Gasteiger partial charge is 0.320 e. The molecule has 1 aliphatic carbocycles. The number of aromatic nitrogens is 2. The number of hydrogen-bond acceptors (Lipinski definition) is 4. The molecule has 1 saturated carbocycles. The third-order valence-electron chi connectivity index (χ3n) is 2.72. The molecule has 0 saturated heterocycles. The molecule has 0 amide bonds. The first-order valence-corrected chi connectivity index (χ1v) is 4.50. The third kappa shape index (κ3) is 1.19. The topological polar surface area (TPSA) is 87.0 Å². The summed E-state index contributed by atoms with van der Waals surface area (Å²) >= 11 is 0. The van der Waals surface area contributed by atoms with Gasteiger partial charge in [0, 0.05) is 7.05 Å². The van der Waals surface area contributed by atoms with E-state index in [1.165, 1.54) is 10.9 Å². The zero-order valence-corrected chi connectivity index (χ0v) is 7.93. The molecule has 1 aromatic rings. The normalized spacial score (nSPS) is 19.0. The van der Waals surface area contributed by atoms with Gasteiger partial charge < -0.3 is 5.73 Å². The lowest BCUT2D eigenvalue weighted by Gasteiger charge is -2.35. The molecular formula is C8H12N4O2. The van der Waals surface area contributed by atoms with Crippen LogP contribution in [0.5, 0.6) is 0 Å². The standard InChI is InChI=1S/C8H12N4O2/c1-11-5-6(12(13)14)7(10-11)8(9)3-2-4-8/h5H,2-4,9H2,1H3. The Hall–Kier alpha value is -1.43. The van der Waals surface area contributed by atoms with E-state index in [4.69, 9.17) is 5.73 Å². The van der Waals surface area contributed by atoms with E-state index in [1.807, 2.05) is 0 Å². The molecule has 0 aromatic carbocycles. The van der Waals surface area contributed by atoms with Crippen molar-refractivity contribution in [3.63, 3.8) is 0 Å². The van der Waals surface area contributed by atoms with Crippen LogP contribution in [0.15, 0.2) is 6.20 Å². The minimum atomic E-state index is -0.566. The van der Waals surface area contributed by atoms with Gasteiger partial charge in [-0.1, -0.05) is 0 Å². The predicted molar refractivity (Wildman–Crippen MR) is 49.6 cm³/mol. The van der Waals surface area contributed by atoms with Gasteiger partial charge in [0.05, 0.1) is 10.5 Å². The van der Waals surface area contributed by atoms with E-state index in [0.29, 0.717) is 5.69 Å². The molecule has 1 fully saturated rings. The lowest BCUT2D eigenvalue weighted by Crippen LogP contribution is -2.44. The smallest absolute Gasteiger partial charge is 0.312 e. The lowest BCUT2D eigenvalue weighted by atomic mass is 9.75. The van der Waals surface area contributed by atoms with Gasteiger partial charge >= 0.3 is 5.69 Å². The summed E-state index contributed by atoms with van der Waals surface area (Å²) in [7, 11) is 1.67. The summed E-state index contributed by atoms with van der Waals surface area (Å²) < 4.78 is 1.44. The summed E-state index contributed by atoms with van der Waals surface area (Å²) in [6, 6.07) is 0. The molecule has 1 heterocycles. The predicted octanol–water partition coefficient (Wildman–Crippen LogP) is 0.666. The summed E-state index contributed by atoms with van der Waals surface area (Å²) in [6.45, 7) is 0. The first kappa shape index (κ1) is 9.14. The fraction of sp³-hybridized carbons (Fsp3) is 0.625. The maximum atomic E-state index is 10.7. The fourth-order valence-corrected chi connectivity index (χ4v) is 1.76. The van der Waals surface area contributed by atoms with Crippen LogP contribution in [0.3, 0.4) is 0 Å². The van der Waals surface area contributed by atoms with Crippen LogP contribution in [0.25, 0.3) is 0 Å². The SMILES string of the molecule is Cn1cc([N+](=O)[O-])c(C2(N)CCC2)n1. The van der Waals surface area contributed by atoms with E-state index in [-0.39, 0.29) is 5.69 Å². The molecule has 1 aromatic heterocycles. The Morgan fingerprint density at radius 1 is 1.71 bits per heavy atom. The zero-order valence-electron chi connectivity index (χ0n) is 7.93. The van der Waals surface area contributed by atoms with E-state index in [1.54, 1.807) is 7.05 Å².